The Morgan fingerprint density at radius 2 is 1.18 bits per heavy atom. The molecular formula is C20H26O8. The summed E-state index contributed by atoms with van der Waals surface area (Å²) in [6.45, 7) is 5.53. The predicted molar refractivity (Wildman–Crippen MR) is 96.8 cm³/mol. The number of ether oxygens (including phenoxy) is 6. The van der Waals surface area contributed by atoms with Crippen LogP contribution in [-0.4, -0.2) is 63.2 Å². The van der Waals surface area contributed by atoms with E-state index in [2.05, 4.69) is 0 Å². The van der Waals surface area contributed by atoms with E-state index >= 15 is 0 Å². The van der Waals surface area contributed by atoms with Gasteiger partial charge in [-0.15, -0.1) is 0 Å². The lowest BCUT2D eigenvalue weighted by atomic mass is 10.1. The zero-order valence-electron chi connectivity index (χ0n) is 16.1. The first kappa shape index (κ1) is 20.7. The second kappa shape index (κ2) is 9.97. The molecule has 0 radical (unpaired) electrons. The molecule has 4 unspecified atom stereocenters. The van der Waals surface area contributed by atoms with Crippen molar-refractivity contribution in [3.8, 4) is 0 Å². The highest BCUT2D eigenvalue weighted by Crippen LogP contribution is 2.25. The zero-order chi connectivity index (χ0) is 19.9. The van der Waals surface area contributed by atoms with Crippen LogP contribution in [0.25, 0.3) is 0 Å². The van der Waals surface area contributed by atoms with Gasteiger partial charge in [-0.05, 0) is 37.1 Å². The van der Waals surface area contributed by atoms with Gasteiger partial charge >= 0.3 is 11.9 Å². The summed E-state index contributed by atoms with van der Waals surface area (Å²) in [6, 6.07) is 6.11. The number of hydrogen-bond acceptors (Lipinski definition) is 8. The fourth-order valence-electron chi connectivity index (χ4n) is 2.48. The van der Waals surface area contributed by atoms with Crippen molar-refractivity contribution in [1.82, 2.24) is 0 Å². The molecular weight excluding hydrogens is 368 g/mol. The molecule has 2 heterocycles. The van der Waals surface area contributed by atoms with Gasteiger partial charge in [0.2, 0.25) is 0 Å². The van der Waals surface area contributed by atoms with E-state index in [9.17, 15) is 9.59 Å². The minimum absolute atomic E-state index is 0.139. The molecule has 0 amide bonds. The predicted octanol–water partition coefficient (Wildman–Crippen LogP) is 2.30. The van der Waals surface area contributed by atoms with E-state index in [0.717, 1.165) is 12.8 Å². The molecule has 2 fully saturated rings. The fraction of sp³-hybridized carbons (Fsp3) is 0.600. The van der Waals surface area contributed by atoms with E-state index in [1.165, 1.54) is 24.3 Å². The smallest absolute Gasteiger partial charge is 0.338 e. The van der Waals surface area contributed by atoms with E-state index in [4.69, 9.17) is 28.4 Å². The highest BCUT2D eigenvalue weighted by Gasteiger charge is 2.41. The van der Waals surface area contributed by atoms with Crippen molar-refractivity contribution >= 4 is 11.9 Å². The van der Waals surface area contributed by atoms with E-state index in [0.29, 0.717) is 24.3 Å². The van der Waals surface area contributed by atoms with Crippen LogP contribution in [0.3, 0.4) is 0 Å². The van der Waals surface area contributed by atoms with Crippen LogP contribution in [0, 0.1) is 0 Å². The van der Waals surface area contributed by atoms with E-state index < -0.39 is 11.9 Å². The molecule has 8 heteroatoms. The first-order valence-electron chi connectivity index (χ1n) is 9.60. The lowest BCUT2D eigenvalue weighted by molar-refractivity contribution is 0.0457. The third-order valence-corrected chi connectivity index (χ3v) is 4.16. The summed E-state index contributed by atoms with van der Waals surface area (Å²) in [5, 5.41) is 0. The normalized spacial score (nSPS) is 25.2. The molecule has 3 rings (SSSR count). The highest BCUT2D eigenvalue weighted by molar-refractivity contribution is 5.93. The number of rotatable bonds is 12. The largest absolute Gasteiger partial charge is 0.459 e. The number of carbonyl (C=O) groups excluding carboxylic acids is 2. The van der Waals surface area contributed by atoms with Crippen LogP contribution in [0.1, 0.15) is 47.4 Å². The molecule has 4 atom stereocenters. The van der Waals surface area contributed by atoms with Crippen LogP contribution in [0.2, 0.25) is 0 Å². The molecule has 2 aliphatic heterocycles. The fourth-order valence-corrected chi connectivity index (χ4v) is 2.48. The van der Waals surface area contributed by atoms with Crippen molar-refractivity contribution in [3.63, 3.8) is 0 Å². The van der Waals surface area contributed by atoms with Crippen molar-refractivity contribution in [3.05, 3.63) is 35.4 Å². The van der Waals surface area contributed by atoms with Crippen molar-refractivity contribution < 1.29 is 38.0 Å². The molecule has 1 aromatic rings. The Bertz CT molecular complexity index is 602. The monoisotopic (exact) mass is 394 g/mol. The van der Waals surface area contributed by atoms with Crippen molar-refractivity contribution in [2.45, 2.75) is 51.5 Å². The zero-order valence-corrected chi connectivity index (χ0v) is 16.1. The molecule has 0 bridgehead atoms. The number of epoxide rings is 2. The Balaban J connectivity index is 1.36. The first-order valence-corrected chi connectivity index (χ1v) is 9.60. The van der Waals surface area contributed by atoms with Crippen LogP contribution in [0.5, 0.6) is 0 Å². The second-order valence-electron chi connectivity index (χ2n) is 6.60. The van der Waals surface area contributed by atoms with E-state index in [-0.39, 0.29) is 38.0 Å². The molecule has 2 aliphatic rings. The Labute approximate surface area is 164 Å². The molecule has 0 aromatic heterocycles. The van der Waals surface area contributed by atoms with Crippen molar-refractivity contribution in [2.75, 3.05) is 26.4 Å². The lowest BCUT2D eigenvalue weighted by Gasteiger charge is -2.05. The Kier molecular flexibility index (Phi) is 7.38. The van der Waals surface area contributed by atoms with Gasteiger partial charge in [-0.25, -0.2) is 9.59 Å². The average Bonchev–Trinajstić information content (AvgIpc) is 3.63. The summed E-state index contributed by atoms with van der Waals surface area (Å²) >= 11 is 0. The third-order valence-electron chi connectivity index (χ3n) is 4.16. The maximum Gasteiger partial charge on any atom is 0.338 e. The quantitative estimate of drug-likeness (QED) is 0.394. The Morgan fingerprint density at radius 3 is 1.54 bits per heavy atom. The summed E-state index contributed by atoms with van der Waals surface area (Å²) in [7, 11) is 0. The number of hydrogen-bond donors (Lipinski definition) is 0. The number of esters is 2. The van der Waals surface area contributed by atoms with Crippen LogP contribution >= 0.6 is 0 Å². The van der Waals surface area contributed by atoms with Gasteiger partial charge in [-0.2, -0.15) is 0 Å². The topological polar surface area (TPSA) is 96.1 Å². The molecule has 1 aromatic carbocycles. The molecule has 0 N–H and O–H groups in total. The van der Waals surface area contributed by atoms with Gasteiger partial charge in [-0.3, -0.25) is 0 Å². The molecule has 28 heavy (non-hydrogen) atoms. The van der Waals surface area contributed by atoms with Crippen molar-refractivity contribution in [2.24, 2.45) is 0 Å². The maximum absolute atomic E-state index is 12.1. The molecule has 0 spiro atoms. The van der Waals surface area contributed by atoms with Gasteiger partial charge in [0.15, 0.2) is 12.6 Å². The molecule has 8 nitrogen and oxygen atoms in total. The SMILES string of the molecule is CCCOC1OC1COC(=O)c1ccc(C(=O)OCC2OC2OCCC)cc1. The summed E-state index contributed by atoms with van der Waals surface area (Å²) < 4.78 is 31.7. The van der Waals surface area contributed by atoms with E-state index in [1.807, 2.05) is 13.8 Å². The summed E-state index contributed by atoms with van der Waals surface area (Å²) in [6.07, 6.45) is 0.822. The van der Waals surface area contributed by atoms with Crippen LogP contribution in [0.4, 0.5) is 0 Å². The van der Waals surface area contributed by atoms with Crippen LogP contribution in [0.15, 0.2) is 24.3 Å². The Hall–Kier alpha value is -2.00. The van der Waals surface area contributed by atoms with Gasteiger partial charge in [0, 0.05) is 13.2 Å². The van der Waals surface area contributed by atoms with Gasteiger partial charge < -0.3 is 28.4 Å². The van der Waals surface area contributed by atoms with E-state index in [1.54, 1.807) is 0 Å². The third kappa shape index (κ3) is 6.00. The second-order valence-corrected chi connectivity index (χ2v) is 6.60. The lowest BCUT2D eigenvalue weighted by Crippen LogP contribution is -2.14. The maximum atomic E-state index is 12.1. The minimum Gasteiger partial charge on any atom is -0.459 e. The van der Waals surface area contributed by atoms with Crippen molar-refractivity contribution in [1.29, 1.82) is 0 Å². The minimum atomic E-state index is -0.480. The van der Waals surface area contributed by atoms with Crippen LogP contribution in [-0.2, 0) is 28.4 Å². The number of carbonyl (C=O) groups is 2. The average molecular weight is 394 g/mol. The molecule has 2 saturated heterocycles. The summed E-state index contributed by atoms with van der Waals surface area (Å²) in [5.41, 5.74) is 0.698. The van der Waals surface area contributed by atoms with Gasteiger partial charge in [-0.1, -0.05) is 13.8 Å². The molecule has 0 aliphatic carbocycles. The highest BCUT2D eigenvalue weighted by atomic mass is 16.8. The number of benzene rings is 1. The first-order chi connectivity index (χ1) is 13.6. The molecule has 154 valence electrons. The van der Waals surface area contributed by atoms with Gasteiger partial charge in [0.05, 0.1) is 11.1 Å². The van der Waals surface area contributed by atoms with Gasteiger partial charge in [0.1, 0.15) is 25.4 Å². The molecule has 0 saturated carbocycles. The Morgan fingerprint density at radius 1 is 0.786 bits per heavy atom. The summed E-state index contributed by atoms with van der Waals surface area (Å²) in [5.74, 6) is -0.959. The van der Waals surface area contributed by atoms with Gasteiger partial charge in [0.25, 0.3) is 0 Å². The summed E-state index contributed by atoms with van der Waals surface area (Å²) in [4.78, 5) is 24.1. The standard InChI is InChI=1S/C20H26O8/c1-3-9-23-19-15(27-19)11-25-17(21)13-5-7-14(8-6-13)18(22)26-12-16-20(28-16)24-10-4-2/h5-8,15-16,19-20H,3-4,9-12H2,1-2H3. The van der Waals surface area contributed by atoms with Crippen LogP contribution < -0.4 is 0 Å².